The van der Waals surface area contributed by atoms with Crippen molar-refractivity contribution in [1.82, 2.24) is 0 Å². The molecule has 0 unspecified atom stereocenters. The molecule has 0 amide bonds. The van der Waals surface area contributed by atoms with Gasteiger partial charge < -0.3 is 13.9 Å². The molecule has 0 aliphatic rings. The van der Waals surface area contributed by atoms with Gasteiger partial charge in [-0.05, 0) is 46.3 Å². The standard InChI is InChI=1S/C22H14BrClO4/c23-17-6-2-4-8-19(17)28-21-13-27-20-11-15(9-10-16(20)22(21)25)26-12-14-5-1-3-7-18(14)24/h1-11,13H,12H2. The van der Waals surface area contributed by atoms with Crippen LogP contribution in [-0.4, -0.2) is 0 Å². The van der Waals surface area contributed by atoms with Crippen LogP contribution in [0.5, 0.6) is 17.2 Å². The molecular formula is C22H14BrClO4. The van der Waals surface area contributed by atoms with Crippen molar-refractivity contribution in [2.24, 2.45) is 0 Å². The number of rotatable bonds is 5. The van der Waals surface area contributed by atoms with Crippen LogP contribution in [0.3, 0.4) is 0 Å². The minimum atomic E-state index is -0.255. The van der Waals surface area contributed by atoms with E-state index in [-0.39, 0.29) is 11.2 Å². The van der Waals surface area contributed by atoms with Crippen molar-refractivity contribution in [2.75, 3.05) is 0 Å². The molecule has 0 aliphatic carbocycles. The molecule has 3 aromatic carbocycles. The third-order valence-electron chi connectivity index (χ3n) is 4.12. The quantitative estimate of drug-likeness (QED) is 0.340. The highest BCUT2D eigenvalue weighted by atomic mass is 79.9. The summed E-state index contributed by atoms with van der Waals surface area (Å²) in [5, 5.41) is 1.05. The Kier molecular flexibility index (Phi) is 5.37. The monoisotopic (exact) mass is 456 g/mol. The first-order valence-electron chi connectivity index (χ1n) is 8.46. The minimum absolute atomic E-state index is 0.115. The third-order valence-corrected chi connectivity index (χ3v) is 5.15. The summed E-state index contributed by atoms with van der Waals surface area (Å²) in [5.41, 5.74) is 1.04. The van der Waals surface area contributed by atoms with Gasteiger partial charge in [0.1, 0.15) is 30.0 Å². The molecule has 0 bridgehead atoms. The molecule has 0 saturated carbocycles. The van der Waals surface area contributed by atoms with Gasteiger partial charge in [-0.3, -0.25) is 4.79 Å². The lowest BCUT2D eigenvalue weighted by Gasteiger charge is -2.09. The molecule has 0 fully saturated rings. The van der Waals surface area contributed by atoms with Gasteiger partial charge in [-0.25, -0.2) is 0 Å². The Balaban J connectivity index is 1.58. The molecule has 6 heteroatoms. The summed E-state index contributed by atoms with van der Waals surface area (Å²) in [6.45, 7) is 0.318. The van der Waals surface area contributed by atoms with Gasteiger partial charge in [0.05, 0.1) is 9.86 Å². The van der Waals surface area contributed by atoms with Crippen LogP contribution in [0.15, 0.2) is 86.7 Å². The number of hydrogen-bond acceptors (Lipinski definition) is 4. The van der Waals surface area contributed by atoms with Crippen molar-refractivity contribution in [1.29, 1.82) is 0 Å². The third kappa shape index (κ3) is 3.91. The van der Waals surface area contributed by atoms with Gasteiger partial charge in [0.25, 0.3) is 0 Å². The maximum absolute atomic E-state index is 12.7. The summed E-state index contributed by atoms with van der Waals surface area (Å²) in [6, 6.07) is 19.8. The second-order valence-corrected chi connectivity index (χ2v) is 7.26. The summed E-state index contributed by atoms with van der Waals surface area (Å²) in [6.07, 6.45) is 1.31. The zero-order chi connectivity index (χ0) is 19.5. The normalized spacial score (nSPS) is 10.8. The smallest absolute Gasteiger partial charge is 0.235 e. The lowest BCUT2D eigenvalue weighted by atomic mass is 10.2. The highest BCUT2D eigenvalue weighted by Crippen LogP contribution is 2.29. The molecule has 4 rings (SSSR count). The Morgan fingerprint density at radius 3 is 2.57 bits per heavy atom. The van der Waals surface area contributed by atoms with Crippen LogP contribution in [0.4, 0.5) is 0 Å². The lowest BCUT2D eigenvalue weighted by Crippen LogP contribution is -2.05. The van der Waals surface area contributed by atoms with Crippen LogP contribution in [0.2, 0.25) is 5.02 Å². The van der Waals surface area contributed by atoms with Crippen LogP contribution in [0.1, 0.15) is 5.56 Å². The van der Waals surface area contributed by atoms with Gasteiger partial charge in [0.15, 0.2) is 0 Å². The van der Waals surface area contributed by atoms with Crippen LogP contribution in [-0.2, 0) is 6.61 Å². The first-order chi connectivity index (χ1) is 13.6. The van der Waals surface area contributed by atoms with E-state index >= 15 is 0 Å². The molecular weight excluding hydrogens is 444 g/mol. The fraction of sp³-hybridized carbons (Fsp3) is 0.0455. The molecule has 0 atom stereocenters. The molecule has 1 aromatic heterocycles. The molecule has 140 valence electrons. The van der Waals surface area contributed by atoms with Crippen LogP contribution >= 0.6 is 27.5 Å². The SMILES string of the molecule is O=c1c(Oc2ccccc2Br)coc2cc(OCc3ccccc3Cl)ccc12. The largest absolute Gasteiger partial charge is 0.489 e. The van der Waals surface area contributed by atoms with Crippen molar-refractivity contribution in [3.8, 4) is 17.2 Å². The summed E-state index contributed by atoms with van der Waals surface area (Å²) >= 11 is 9.54. The van der Waals surface area contributed by atoms with E-state index < -0.39 is 0 Å². The number of ether oxygens (including phenoxy) is 2. The first-order valence-corrected chi connectivity index (χ1v) is 9.63. The highest BCUT2D eigenvalue weighted by molar-refractivity contribution is 9.10. The molecule has 4 aromatic rings. The predicted molar refractivity (Wildman–Crippen MR) is 112 cm³/mol. The van der Waals surface area contributed by atoms with Gasteiger partial charge in [-0.15, -0.1) is 0 Å². The molecule has 1 heterocycles. The number of hydrogen-bond donors (Lipinski definition) is 0. The van der Waals surface area contributed by atoms with Crippen molar-refractivity contribution >= 4 is 38.5 Å². The zero-order valence-corrected chi connectivity index (χ0v) is 16.9. The highest BCUT2D eigenvalue weighted by Gasteiger charge is 2.12. The van der Waals surface area contributed by atoms with Gasteiger partial charge in [0, 0.05) is 16.7 Å². The van der Waals surface area contributed by atoms with Crippen molar-refractivity contribution < 1.29 is 13.9 Å². The van der Waals surface area contributed by atoms with Crippen molar-refractivity contribution in [3.63, 3.8) is 0 Å². The molecule has 0 radical (unpaired) electrons. The first kappa shape index (κ1) is 18.6. The van der Waals surface area contributed by atoms with E-state index in [0.29, 0.717) is 34.1 Å². The van der Waals surface area contributed by atoms with E-state index in [2.05, 4.69) is 15.9 Å². The Morgan fingerprint density at radius 1 is 0.964 bits per heavy atom. The van der Waals surface area contributed by atoms with Gasteiger partial charge >= 0.3 is 0 Å². The Labute approximate surface area is 174 Å². The molecule has 28 heavy (non-hydrogen) atoms. The van der Waals surface area contributed by atoms with Gasteiger partial charge in [-0.2, -0.15) is 0 Å². The second kappa shape index (κ2) is 8.09. The summed E-state index contributed by atoms with van der Waals surface area (Å²) in [5.74, 6) is 1.23. The van der Waals surface area contributed by atoms with E-state index in [1.54, 1.807) is 24.3 Å². The minimum Gasteiger partial charge on any atom is -0.489 e. The van der Waals surface area contributed by atoms with E-state index in [1.807, 2.05) is 42.5 Å². The van der Waals surface area contributed by atoms with Gasteiger partial charge in [-0.1, -0.05) is 41.9 Å². The van der Waals surface area contributed by atoms with Crippen LogP contribution in [0, 0.1) is 0 Å². The molecule has 0 saturated heterocycles. The van der Waals surface area contributed by atoms with Crippen molar-refractivity contribution in [3.05, 3.63) is 98.3 Å². The van der Waals surface area contributed by atoms with Crippen LogP contribution in [0.25, 0.3) is 11.0 Å². The van der Waals surface area contributed by atoms with E-state index in [4.69, 9.17) is 25.5 Å². The number of benzene rings is 3. The molecule has 0 aliphatic heterocycles. The second-order valence-electron chi connectivity index (χ2n) is 6.00. The zero-order valence-electron chi connectivity index (χ0n) is 14.5. The van der Waals surface area contributed by atoms with Crippen LogP contribution < -0.4 is 14.9 Å². The van der Waals surface area contributed by atoms with E-state index in [1.165, 1.54) is 6.26 Å². The number of para-hydroxylation sites is 1. The van der Waals surface area contributed by atoms with Gasteiger partial charge in [0.2, 0.25) is 11.2 Å². The molecule has 0 spiro atoms. The van der Waals surface area contributed by atoms with E-state index in [9.17, 15) is 4.79 Å². The molecule has 0 N–H and O–H groups in total. The Hall–Kier alpha value is -2.76. The van der Waals surface area contributed by atoms with Crippen molar-refractivity contribution in [2.45, 2.75) is 6.61 Å². The average molecular weight is 458 g/mol. The lowest BCUT2D eigenvalue weighted by molar-refractivity contribution is 0.306. The van der Waals surface area contributed by atoms with E-state index in [0.717, 1.165) is 10.0 Å². The summed E-state index contributed by atoms with van der Waals surface area (Å²) in [4.78, 5) is 12.7. The summed E-state index contributed by atoms with van der Waals surface area (Å²) in [7, 11) is 0. The maximum atomic E-state index is 12.7. The number of halogens is 2. The Bertz CT molecular complexity index is 1200. The number of fused-ring (bicyclic) bond motifs is 1. The molecule has 4 nitrogen and oxygen atoms in total. The summed E-state index contributed by atoms with van der Waals surface area (Å²) < 4.78 is 17.8. The Morgan fingerprint density at radius 2 is 1.75 bits per heavy atom. The maximum Gasteiger partial charge on any atom is 0.235 e. The average Bonchev–Trinajstić information content (AvgIpc) is 2.71. The predicted octanol–water partition coefficient (Wildman–Crippen LogP) is 6.58. The fourth-order valence-corrected chi connectivity index (χ4v) is 3.23. The topological polar surface area (TPSA) is 48.7 Å². The fourth-order valence-electron chi connectivity index (χ4n) is 2.67.